The molecule has 1 aromatic carbocycles. The molecule has 16 heavy (non-hydrogen) atoms. The van der Waals surface area contributed by atoms with Gasteiger partial charge in [0.05, 0.1) is 15.6 Å². The quantitative estimate of drug-likeness (QED) is 0.757. The third-order valence-corrected chi connectivity index (χ3v) is 4.13. The van der Waals surface area contributed by atoms with Gasteiger partial charge in [-0.3, -0.25) is 4.98 Å². The second-order valence-electron chi connectivity index (χ2n) is 3.00. The van der Waals surface area contributed by atoms with Crippen molar-refractivity contribution in [2.75, 3.05) is 0 Å². The van der Waals surface area contributed by atoms with Crippen molar-refractivity contribution >= 4 is 53.8 Å². The van der Waals surface area contributed by atoms with Crippen LogP contribution < -0.4 is 0 Å². The summed E-state index contributed by atoms with van der Waals surface area (Å²) in [6.45, 7) is 0. The number of hydrogen-bond donors (Lipinski definition) is 0. The molecule has 0 fully saturated rings. The number of halogens is 3. The Labute approximate surface area is 106 Å². The Morgan fingerprint density at radius 3 is 2.38 bits per heavy atom. The smallest absolute Gasteiger partial charge is 0.255 e. The van der Waals surface area contributed by atoms with Crippen molar-refractivity contribution in [3.05, 3.63) is 34.4 Å². The van der Waals surface area contributed by atoms with Crippen molar-refractivity contribution in [2.45, 2.75) is 4.90 Å². The molecule has 0 aliphatic carbocycles. The topological polar surface area (TPSA) is 47.0 Å². The molecule has 0 aliphatic heterocycles. The van der Waals surface area contributed by atoms with Crippen LogP contribution in [0.4, 0.5) is 0 Å². The van der Waals surface area contributed by atoms with Crippen LogP contribution >= 0.6 is 33.9 Å². The van der Waals surface area contributed by atoms with Crippen LogP contribution in [0.3, 0.4) is 0 Å². The predicted molar refractivity (Wildman–Crippen MR) is 64.8 cm³/mol. The molecule has 84 valence electrons. The summed E-state index contributed by atoms with van der Waals surface area (Å²) in [6, 6.07) is 4.58. The van der Waals surface area contributed by atoms with Crippen LogP contribution in [0.5, 0.6) is 0 Å². The SMILES string of the molecule is O=S(=O)(Cl)c1c(Cl)ccc2c(Cl)ccnc12. The normalized spacial score (nSPS) is 11.9. The lowest BCUT2D eigenvalue weighted by Gasteiger charge is -2.05. The number of rotatable bonds is 1. The Bertz CT molecular complexity index is 670. The molecule has 2 rings (SSSR count). The van der Waals surface area contributed by atoms with E-state index in [4.69, 9.17) is 33.9 Å². The maximum absolute atomic E-state index is 11.4. The Kier molecular flexibility index (Phi) is 3.01. The fourth-order valence-corrected chi connectivity index (χ4v) is 3.31. The largest absolute Gasteiger partial charge is 0.264 e. The minimum Gasteiger partial charge on any atom is -0.255 e. The van der Waals surface area contributed by atoms with E-state index in [1.54, 1.807) is 12.1 Å². The number of aromatic nitrogens is 1. The predicted octanol–water partition coefficient (Wildman–Crippen LogP) is 3.47. The van der Waals surface area contributed by atoms with Crippen LogP contribution in [-0.4, -0.2) is 13.4 Å². The van der Waals surface area contributed by atoms with Gasteiger partial charge in [-0.05, 0) is 18.2 Å². The number of pyridine rings is 1. The summed E-state index contributed by atoms with van der Waals surface area (Å²) in [4.78, 5) is 3.72. The maximum atomic E-state index is 11.4. The number of benzene rings is 1. The van der Waals surface area contributed by atoms with E-state index >= 15 is 0 Å². The van der Waals surface area contributed by atoms with Crippen LogP contribution in [0.2, 0.25) is 10.0 Å². The summed E-state index contributed by atoms with van der Waals surface area (Å²) < 4.78 is 22.8. The van der Waals surface area contributed by atoms with E-state index in [0.29, 0.717) is 10.4 Å². The van der Waals surface area contributed by atoms with E-state index in [2.05, 4.69) is 4.98 Å². The van der Waals surface area contributed by atoms with Gasteiger partial charge in [0.2, 0.25) is 0 Å². The molecule has 1 heterocycles. The fraction of sp³-hybridized carbons (Fsp3) is 0. The lowest BCUT2D eigenvalue weighted by molar-refractivity contribution is 0.610. The highest BCUT2D eigenvalue weighted by Crippen LogP contribution is 2.33. The fourth-order valence-electron chi connectivity index (χ4n) is 1.37. The van der Waals surface area contributed by atoms with Gasteiger partial charge in [0.25, 0.3) is 9.05 Å². The first-order valence-corrected chi connectivity index (χ1v) is 7.15. The summed E-state index contributed by atoms with van der Waals surface area (Å²) in [5.74, 6) is 0. The molecule has 0 unspecified atom stereocenters. The average molecular weight is 297 g/mol. The number of nitrogens with zero attached hydrogens (tertiary/aromatic N) is 1. The van der Waals surface area contributed by atoms with Crippen molar-refractivity contribution in [3.8, 4) is 0 Å². The zero-order valence-corrected chi connectivity index (χ0v) is 10.7. The Morgan fingerprint density at radius 1 is 1.06 bits per heavy atom. The maximum Gasteiger partial charge on any atom is 0.264 e. The zero-order valence-electron chi connectivity index (χ0n) is 7.62. The molecule has 0 spiro atoms. The van der Waals surface area contributed by atoms with Crippen LogP contribution in [-0.2, 0) is 9.05 Å². The van der Waals surface area contributed by atoms with E-state index in [0.717, 1.165) is 0 Å². The molecule has 0 aliphatic rings. The van der Waals surface area contributed by atoms with Gasteiger partial charge in [0.1, 0.15) is 4.90 Å². The highest BCUT2D eigenvalue weighted by atomic mass is 35.7. The molecule has 0 radical (unpaired) electrons. The summed E-state index contributed by atoms with van der Waals surface area (Å²) in [5.41, 5.74) is 0.176. The van der Waals surface area contributed by atoms with E-state index in [1.807, 2.05) is 0 Å². The Balaban J connectivity index is 3.03. The highest BCUT2D eigenvalue weighted by Gasteiger charge is 2.20. The third-order valence-electron chi connectivity index (χ3n) is 2.01. The van der Waals surface area contributed by atoms with Crippen molar-refractivity contribution in [3.63, 3.8) is 0 Å². The van der Waals surface area contributed by atoms with Gasteiger partial charge >= 0.3 is 0 Å². The van der Waals surface area contributed by atoms with E-state index < -0.39 is 9.05 Å². The molecule has 0 amide bonds. The molecule has 3 nitrogen and oxygen atoms in total. The van der Waals surface area contributed by atoms with Crippen molar-refractivity contribution in [2.24, 2.45) is 0 Å². The number of fused-ring (bicyclic) bond motifs is 1. The summed E-state index contributed by atoms with van der Waals surface area (Å²) in [7, 11) is 1.34. The van der Waals surface area contributed by atoms with E-state index in [-0.39, 0.29) is 15.4 Å². The molecule has 7 heteroatoms. The van der Waals surface area contributed by atoms with Gasteiger partial charge < -0.3 is 0 Å². The van der Waals surface area contributed by atoms with Crippen molar-refractivity contribution in [1.82, 2.24) is 4.98 Å². The minimum absolute atomic E-state index is 0.0252. The Hall–Kier alpha value is -0.550. The first-order chi connectivity index (χ1) is 7.41. The standard InChI is InChI=1S/C9H4Cl3NO2S/c10-6-3-4-13-8-5(6)1-2-7(11)9(8)16(12,14)15/h1-4H. The first-order valence-electron chi connectivity index (χ1n) is 4.08. The third kappa shape index (κ3) is 1.98. The highest BCUT2D eigenvalue weighted by molar-refractivity contribution is 8.14. The van der Waals surface area contributed by atoms with Crippen LogP contribution in [0.15, 0.2) is 29.3 Å². The van der Waals surface area contributed by atoms with Gasteiger partial charge in [0.15, 0.2) is 0 Å². The molecule has 0 N–H and O–H groups in total. The molecule has 1 aromatic heterocycles. The molecular weight excluding hydrogens is 293 g/mol. The number of hydrogen-bond acceptors (Lipinski definition) is 3. The van der Waals surface area contributed by atoms with Gasteiger partial charge in [-0.1, -0.05) is 23.2 Å². The molecule has 0 bridgehead atoms. The molecule has 0 saturated carbocycles. The van der Waals surface area contributed by atoms with Gasteiger partial charge in [-0.2, -0.15) is 0 Å². The van der Waals surface area contributed by atoms with Gasteiger partial charge in [-0.25, -0.2) is 8.42 Å². The molecule has 2 aromatic rings. The molecule has 0 saturated heterocycles. The van der Waals surface area contributed by atoms with Crippen molar-refractivity contribution in [1.29, 1.82) is 0 Å². The lowest BCUT2D eigenvalue weighted by Crippen LogP contribution is -1.95. The van der Waals surface area contributed by atoms with Crippen LogP contribution in [0.25, 0.3) is 10.9 Å². The zero-order chi connectivity index (χ0) is 11.9. The summed E-state index contributed by atoms with van der Waals surface area (Å²) in [6.07, 6.45) is 1.40. The molecule has 0 atom stereocenters. The van der Waals surface area contributed by atoms with Gasteiger partial charge in [-0.15, -0.1) is 0 Å². The van der Waals surface area contributed by atoms with Gasteiger partial charge in [0, 0.05) is 22.3 Å². The lowest BCUT2D eigenvalue weighted by atomic mass is 10.2. The molecular formula is C9H4Cl3NO2S. The van der Waals surface area contributed by atoms with Crippen LogP contribution in [0.1, 0.15) is 0 Å². The monoisotopic (exact) mass is 295 g/mol. The van der Waals surface area contributed by atoms with E-state index in [1.165, 1.54) is 12.3 Å². The summed E-state index contributed by atoms with van der Waals surface area (Å²) >= 11 is 11.7. The Morgan fingerprint density at radius 2 is 1.75 bits per heavy atom. The second-order valence-corrected chi connectivity index (χ2v) is 6.32. The summed E-state index contributed by atoms with van der Waals surface area (Å²) in [5, 5.41) is 0.910. The van der Waals surface area contributed by atoms with E-state index in [9.17, 15) is 8.42 Å². The first kappa shape index (κ1) is 11.9. The van der Waals surface area contributed by atoms with Crippen molar-refractivity contribution < 1.29 is 8.42 Å². The van der Waals surface area contributed by atoms with Crippen LogP contribution in [0, 0.1) is 0 Å². The second kappa shape index (κ2) is 4.04. The minimum atomic E-state index is -3.96. The average Bonchev–Trinajstić information content (AvgIpc) is 2.15.